The minimum Gasteiger partial charge on any atom is -0.374 e. The van der Waals surface area contributed by atoms with E-state index >= 15 is 0 Å². The van der Waals surface area contributed by atoms with Crippen molar-refractivity contribution in [1.82, 2.24) is 0 Å². The molecular weight excluding hydrogens is 267 g/mol. The maximum atomic E-state index is 13.2. The predicted octanol–water partition coefficient (Wildman–Crippen LogP) is 3.88. The molecule has 0 saturated heterocycles. The van der Waals surface area contributed by atoms with E-state index in [1.54, 1.807) is 13.0 Å². The Kier molecular flexibility index (Phi) is 4.58. The molecule has 0 aliphatic heterocycles. The fourth-order valence-electron chi connectivity index (χ4n) is 1.94. The summed E-state index contributed by atoms with van der Waals surface area (Å²) in [5.74, 6) is -0.489. The van der Waals surface area contributed by atoms with Crippen LogP contribution in [-0.2, 0) is 4.79 Å². The summed E-state index contributed by atoms with van der Waals surface area (Å²) >= 11 is 0. The van der Waals surface area contributed by atoms with Crippen LogP contribution in [0.15, 0.2) is 42.5 Å². The summed E-state index contributed by atoms with van der Waals surface area (Å²) in [6.45, 7) is 5.60. The molecule has 3 nitrogen and oxygen atoms in total. The summed E-state index contributed by atoms with van der Waals surface area (Å²) < 4.78 is 13.2. The number of nitrogens with one attached hydrogen (secondary N) is 2. The number of amides is 1. The molecule has 0 fully saturated rings. The maximum absolute atomic E-state index is 13.2. The molecule has 0 heterocycles. The third-order valence-corrected chi connectivity index (χ3v) is 3.28. The van der Waals surface area contributed by atoms with Gasteiger partial charge in [-0.3, -0.25) is 4.79 Å². The summed E-state index contributed by atoms with van der Waals surface area (Å²) in [6, 6.07) is 11.6. The number of rotatable bonds is 4. The summed E-state index contributed by atoms with van der Waals surface area (Å²) in [5.41, 5.74) is 3.40. The van der Waals surface area contributed by atoms with Gasteiger partial charge in [-0.05, 0) is 50.6 Å². The fourth-order valence-corrected chi connectivity index (χ4v) is 1.94. The minimum absolute atomic E-state index is 0.164. The molecule has 110 valence electrons. The van der Waals surface area contributed by atoms with Gasteiger partial charge in [0, 0.05) is 11.4 Å². The average Bonchev–Trinajstić information content (AvgIpc) is 2.45. The highest BCUT2D eigenvalue weighted by Gasteiger charge is 2.14. The van der Waals surface area contributed by atoms with Crippen LogP contribution in [0.5, 0.6) is 0 Å². The Bertz CT molecular complexity index is 638. The van der Waals surface area contributed by atoms with Crippen LogP contribution in [0.3, 0.4) is 0 Å². The van der Waals surface area contributed by atoms with Crippen LogP contribution in [0.4, 0.5) is 15.8 Å². The van der Waals surface area contributed by atoms with Crippen LogP contribution in [0.2, 0.25) is 0 Å². The molecular formula is C17H19FN2O. The molecule has 1 atom stereocenters. The Morgan fingerprint density at radius 1 is 1.10 bits per heavy atom. The van der Waals surface area contributed by atoms with Gasteiger partial charge in [0.15, 0.2) is 0 Å². The highest BCUT2D eigenvalue weighted by molar-refractivity contribution is 5.96. The third kappa shape index (κ3) is 4.05. The van der Waals surface area contributed by atoms with Gasteiger partial charge >= 0.3 is 0 Å². The Morgan fingerprint density at radius 2 is 1.76 bits per heavy atom. The van der Waals surface area contributed by atoms with Gasteiger partial charge in [-0.1, -0.05) is 23.8 Å². The van der Waals surface area contributed by atoms with Gasteiger partial charge in [-0.2, -0.15) is 0 Å². The van der Waals surface area contributed by atoms with Crippen LogP contribution >= 0.6 is 0 Å². The maximum Gasteiger partial charge on any atom is 0.246 e. The van der Waals surface area contributed by atoms with Gasteiger partial charge in [-0.15, -0.1) is 0 Å². The SMILES string of the molecule is Cc1ccc(NC(=O)C(C)Nc2cc(F)ccc2C)cc1. The summed E-state index contributed by atoms with van der Waals surface area (Å²) in [6.07, 6.45) is 0. The van der Waals surface area contributed by atoms with Crippen LogP contribution in [-0.4, -0.2) is 11.9 Å². The zero-order chi connectivity index (χ0) is 15.4. The van der Waals surface area contributed by atoms with Crippen molar-refractivity contribution in [2.45, 2.75) is 26.8 Å². The number of carbonyl (C=O) groups excluding carboxylic acids is 1. The van der Waals surface area contributed by atoms with Crippen molar-refractivity contribution in [3.63, 3.8) is 0 Å². The molecule has 0 aliphatic carbocycles. The number of hydrogen-bond donors (Lipinski definition) is 2. The van der Waals surface area contributed by atoms with Crippen molar-refractivity contribution in [2.75, 3.05) is 10.6 Å². The van der Waals surface area contributed by atoms with E-state index in [-0.39, 0.29) is 11.7 Å². The van der Waals surface area contributed by atoms with Crippen molar-refractivity contribution in [3.05, 3.63) is 59.4 Å². The van der Waals surface area contributed by atoms with Gasteiger partial charge in [0.05, 0.1) is 0 Å². The largest absolute Gasteiger partial charge is 0.374 e. The Hall–Kier alpha value is -2.36. The summed E-state index contributed by atoms with van der Waals surface area (Å²) in [7, 11) is 0. The van der Waals surface area contributed by atoms with Gasteiger partial charge in [-0.25, -0.2) is 4.39 Å². The van der Waals surface area contributed by atoms with E-state index in [0.29, 0.717) is 5.69 Å². The molecule has 4 heteroatoms. The normalized spacial score (nSPS) is 11.8. The molecule has 0 radical (unpaired) electrons. The number of carbonyl (C=O) groups is 1. The molecule has 0 bridgehead atoms. The van der Waals surface area contributed by atoms with Gasteiger partial charge in [0.1, 0.15) is 11.9 Å². The molecule has 1 unspecified atom stereocenters. The first-order valence-corrected chi connectivity index (χ1v) is 6.86. The third-order valence-electron chi connectivity index (χ3n) is 3.28. The van der Waals surface area contributed by atoms with Crippen molar-refractivity contribution >= 4 is 17.3 Å². The lowest BCUT2D eigenvalue weighted by molar-refractivity contribution is -0.116. The highest BCUT2D eigenvalue weighted by Crippen LogP contribution is 2.17. The van der Waals surface area contributed by atoms with E-state index in [0.717, 1.165) is 16.8 Å². The lowest BCUT2D eigenvalue weighted by Crippen LogP contribution is -2.32. The Labute approximate surface area is 124 Å². The number of anilines is 2. The Morgan fingerprint density at radius 3 is 2.43 bits per heavy atom. The molecule has 2 aromatic rings. The summed E-state index contributed by atoms with van der Waals surface area (Å²) in [4.78, 5) is 12.1. The second kappa shape index (κ2) is 6.39. The lowest BCUT2D eigenvalue weighted by Gasteiger charge is -2.17. The molecule has 0 aliphatic rings. The minimum atomic E-state index is -0.466. The van der Waals surface area contributed by atoms with Crippen LogP contribution in [0.25, 0.3) is 0 Å². The van der Waals surface area contributed by atoms with Gasteiger partial charge in [0.25, 0.3) is 0 Å². The first kappa shape index (κ1) is 15.0. The van der Waals surface area contributed by atoms with E-state index in [4.69, 9.17) is 0 Å². The van der Waals surface area contributed by atoms with E-state index in [1.807, 2.05) is 38.1 Å². The standard InChI is InChI=1S/C17H19FN2O/c1-11-4-8-15(9-5-11)20-17(21)13(3)19-16-10-14(18)7-6-12(16)2/h4-10,13,19H,1-3H3,(H,20,21). The molecule has 2 rings (SSSR count). The van der Waals surface area contributed by atoms with E-state index in [9.17, 15) is 9.18 Å². The first-order chi connectivity index (χ1) is 9.95. The van der Waals surface area contributed by atoms with Crippen LogP contribution in [0, 0.1) is 19.7 Å². The van der Waals surface area contributed by atoms with E-state index in [2.05, 4.69) is 10.6 Å². The van der Waals surface area contributed by atoms with Crippen LogP contribution in [0.1, 0.15) is 18.1 Å². The van der Waals surface area contributed by atoms with E-state index < -0.39 is 6.04 Å². The van der Waals surface area contributed by atoms with Crippen molar-refractivity contribution < 1.29 is 9.18 Å². The second-order valence-electron chi connectivity index (χ2n) is 5.18. The second-order valence-corrected chi connectivity index (χ2v) is 5.18. The molecule has 0 aromatic heterocycles. The summed E-state index contributed by atoms with van der Waals surface area (Å²) in [5, 5.41) is 5.86. The molecule has 0 spiro atoms. The number of hydrogen-bond acceptors (Lipinski definition) is 2. The van der Waals surface area contributed by atoms with Gasteiger partial charge in [0.2, 0.25) is 5.91 Å². The van der Waals surface area contributed by atoms with Crippen molar-refractivity contribution in [3.8, 4) is 0 Å². The predicted molar refractivity (Wildman–Crippen MR) is 84.0 cm³/mol. The quantitative estimate of drug-likeness (QED) is 0.895. The lowest BCUT2D eigenvalue weighted by atomic mass is 10.1. The number of aryl methyl sites for hydroxylation is 2. The molecule has 2 N–H and O–H groups in total. The zero-order valence-electron chi connectivity index (χ0n) is 12.4. The average molecular weight is 286 g/mol. The topological polar surface area (TPSA) is 41.1 Å². The van der Waals surface area contributed by atoms with Crippen molar-refractivity contribution in [1.29, 1.82) is 0 Å². The monoisotopic (exact) mass is 286 g/mol. The zero-order valence-corrected chi connectivity index (χ0v) is 12.4. The van der Waals surface area contributed by atoms with E-state index in [1.165, 1.54) is 12.1 Å². The van der Waals surface area contributed by atoms with Crippen molar-refractivity contribution in [2.24, 2.45) is 0 Å². The fraction of sp³-hybridized carbons (Fsp3) is 0.235. The smallest absolute Gasteiger partial charge is 0.246 e. The molecule has 21 heavy (non-hydrogen) atoms. The highest BCUT2D eigenvalue weighted by atomic mass is 19.1. The van der Waals surface area contributed by atoms with Crippen LogP contribution < -0.4 is 10.6 Å². The molecule has 0 saturated carbocycles. The number of halogens is 1. The molecule has 2 aromatic carbocycles. The van der Waals surface area contributed by atoms with Gasteiger partial charge < -0.3 is 10.6 Å². The molecule has 1 amide bonds. The Balaban J connectivity index is 2.02. The number of benzene rings is 2. The first-order valence-electron chi connectivity index (χ1n) is 6.86.